The first-order valence-electron chi connectivity index (χ1n) is 26.4. The van der Waals surface area contributed by atoms with Crippen molar-refractivity contribution in [3.05, 3.63) is 126 Å². The van der Waals surface area contributed by atoms with Gasteiger partial charge in [0.1, 0.15) is 48.3 Å². The number of H-pyrrole nitrogens is 1. The highest BCUT2D eigenvalue weighted by atomic mass is 16.4. The van der Waals surface area contributed by atoms with Crippen LogP contribution >= 0.6 is 0 Å². The van der Waals surface area contributed by atoms with Gasteiger partial charge in [0.05, 0.1) is 25.2 Å². The van der Waals surface area contributed by atoms with Crippen molar-refractivity contribution in [2.75, 3.05) is 6.54 Å². The zero-order chi connectivity index (χ0) is 61.2. The third kappa shape index (κ3) is 23.1. The minimum atomic E-state index is -1.80. The summed E-state index contributed by atoms with van der Waals surface area (Å²) in [6.45, 7) is 4.46. The van der Waals surface area contributed by atoms with Crippen LogP contribution in [0.3, 0.4) is 0 Å². The molecule has 28 heteroatoms. The van der Waals surface area contributed by atoms with E-state index in [-0.39, 0.29) is 51.0 Å². The van der Waals surface area contributed by atoms with Crippen LogP contribution in [0, 0.1) is 5.92 Å². The fourth-order valence-electron chi connectivity index (χ4n) is 8.23. The molecule has 1 aromatic heterocycles. The lowest BCUT2D eigenvalue weighted by atomic mass is 10.0. The number of aliphatic imine (C=N–C) groups is 1. The number of nitrogens with two attached hydrogens (primary N) is 3. The molecule has 8 amide bonds. The van der Waals surface area contributed by atoms with E-state index in [9.17, 15) is 68.1 Å². The average molecular weight is 1150 g/mol. The molecule has 4 rings (SSSR count). The molecule has 9 atom stereocenters. The van der Waals surface area contributed by atoms with Gasteiger partial charge in [-0.2, -0.15) is 0 Å². The van der Waals surface area contributed by atoms with Gasteiger partial charge < -0.3 is 80.0 Å². The standard InChI is InChI=1S/C55H72N14O14/c1-30(2)45(54(82)83)69-53(81)42(27-44(72)73)68-50(78)39(24-34-18-11-6-12-19-34)66-51(79)40(25-35-28-59-29-61-35)63-46(74)31(3)62-48(76)37(22-32-14-7-4-8-15-32)65-49(77)38(23-33-16-9-5-10-17-33)67-52(80)41(26-43(70)71)64-47(75)36(56)20-13-21-60-55(57)58/h4-12,14-19,28-31,36-42,45H,13,20-27,56H2,1-3H3,(H,59,61)(H,62,76)(H,63,74)(H,64,75)(H,65,77)(H,66,79)(H,67,80)(H,68,78)(H,69,81)(H,70,71)(H,72,73)(H,82,83)(H4,57,58,60)/t31-,36-,37-,38-,39-,40-,41-,42-,45-/m0/s1. The number of aromatic amines is 1. The summed E-state index contributed by atoms with van der Waals surface area (Å²) in [7, 11) is 0. The molecule has 446 valence electrons. The number of aliphatic carboxylic acids is 3. The van der Waals surface area contributed by atoms with E-state index in [1.165, 1.54) is 33.3 Å². The van der Waals surface area contributed by atoms with E-state index >= 15 is 0 Å². The number of hydrogen-bond acceptors (Lipinski definition) is 14. The van der Waals surface area contributed by atoms with Crippen LogP contribution in [0.1, 0.15) is 68.8 Å². The molecule has 1 heterocycles. The highest BCUT2D eigenvalue weighted by Gasteiger charge is 2.36. The molecule has 0 bridgehead atoms. The molecule has 0 saturated heterocycles. The number of benzene rings is 3. The molecular formula is C55H72N14O14. The Morgan fingerprint density at radius 3 is 1.27 bits per heavy atom. The number of carbonyl (C=O) groups is 11. The van der Waals surface area contributed by atoms with E-state index in [0.717, 1.165) is 0 Å². The molecule has 0 unspecified atom stereocenters. The normalized spacial score (nSPS) is 14.2. The molecule has 0 fully saturated rings. The number of hydrogen-bond donors (Lipinski definition) is 15. The number of imidazole rings is 1. The molecular weight excluding hydrogens is 1080 g/mol. The average Bonchev–Trinajstić information content (AvgIpc) is 3.96. The summed E-state index contributed by atoms with van der Waals surface area (Å²) in [5, 5.41) is 48.9. The van der Waals surface area contributed by atoms with Crippen molar-refractivity contribution in [2.45, 2.75) is 127 Å². The van der Waals surface area contributed by atoms with Gasteiger partial charge in [0, 0.05) is 44.1 Å². The summed E-state index contributed by atoms with van der Waals surface area (Å²) in [4.78, 5) is 158. The number of carboxylic acid groups (broad SMARTS) is 3. The lowest BCUT2D eigenvalue weighted by Crippen LogP contribution is -2.61. The summed E-state index contributed by atoms with van der Waals surface area (Å²) >= 11 is 0. The molecule has 3 aromatic carbocycles. The topological polar surface area (TPSA) is 464 Å². The zero-order valence-electron chi connectivity index (χ0n) is 45.9. The van der Waals surface area contributed by atoms with Gasteiger partial charge in [-0.15, -0.1) is 0 Å². The third-order valence-electron chi connectivity index (χ3n) is 12.7. The highest BCUT2D eigenvalue weighted by Crippen LogP contribution is 2.12. The van der Waals surface area contributed by atoms with Crippen LogP contribution in [0.4, 0.5) is 0 Å². The third-order valence-corrected chi connectivity index (χ3v) is 12.7. The maximum Gasteiger partial charge on any atom is 0.326 e. The summed E-state index contributed by atoms with van der Waals surface area (Å²) in [5.74, 6) is -13.0. The molecule has 18 N–H and O–H groups in total. The Morgan fingerprint density at radius 2 is 0.880 bits per heavy atom. The summed E-state index contributed by atoms with van der Waals surface area (Å²) in [6, 6.07) is 11.4. The van der Waals surface area contributed by atoms with Gasteiger partial charge >= 0.3 is 17.9 Å². The summed E-state index contributed by atoms with van der Waals surface area (Å²) < 4.78 is 0. The number of nitrogens with zero attached hydrogens (tertiary/aromatic N) is 2. The van der Waals surface area contributed by atoms with E-state index in [1.807, 2.05) is 0 Å². The molecule has 0 radical (unpaired) electrons. The van der Waals surface area contributed by atoms with Crippen LogP contribution < -0.4 is 59.7 Å². The first-order chi connectivity index (χ1) is 39.4. The van der Waals surface area contributed by atoms with Gasteiger partial charge in [-0.05, 0) is 42.4 Å². The predicted molar refractivity (Wildman–Crippen MR) is 299 cm³/mol. The van der Waals surface area contributed by atoms with Gasteiger partial charge in [-0.1, -0.05) is 105 Å². The van der Waals surface area contributed by atoms with Gasteiger partial charge in [0.2, 0.25) is 47.3 Å². The predicted octanol–water partition coefficient (Wildman–Crippen LogP) is -2.35. The van der Waals surface area contributed by atoms with Gasteiger partial charge in [0.25, 0.3) is 0 Å². The Balaban J connectivity index is 1.59. The number of amides is 8. The van der Waals surface area contributed by atoms with E-state index in [4.69, 9.17) is 17.2 Å². The van der Waals surface area contributed by atoms with E-state index in [1.54, 1.807) is 91.0 Å². The fraction of sp³-hybridized carbons (Fsp3) is 0.400. The van der Waals surface area contributed by atoms with Gasteiger partial charge in [0.15, 0.2) is 5.96 Å². The fourth-order valence-corrected chi connectivity index (χ4v) is 8.23. The zero-order valence-corrected chi connectivity index (χ0v) is 45.9. The number of guanidine groups is 1. The van der Waals surface area contributed by atoms with Gasteiger partial charge in [-0.25, -0.2) is 9.78 Å². The van der Waals surface area contributed by atoms with Crippen LogP contribution in [-0.4, -0.2) is 157 Å². The number of rotatable bonds is 34. The van der Waals surface area contributed by atoms with Crippen LogP contribution in [0.25, 0.3) is 0 Å². The Hall–Kier alpha value is -9.73. The largest absolute Gasteiger partial charge is 0.481 e. The lowest BCUT2D eigenvalue weighted by molar-refractivity contribution is -0.144. The second-order valence-corrected chi connectivity index (χ2v) is 19.8. The minimum absolute atomic E-state index is 0.0630. The van der Waals surface area contributed by atoms with Crippen molar-refractivity contribution < 1.29 is 68.1 Å². The Kier molecular flexibility index (Phi) is 26.3. The smallest absolute Gasteiger partial charge is 0.326 e. The highest BCUT2D eigenvalue weighted by molar-refractivity contribution is 5.99. The summed E-state index contributed by atoms with van der Waals surface area (Å²) in [6.07, 6.45) is 0.303. The number of carboxylic acids is 3. The Bertz CT molecular complexity index is 2870. The SMILES string of the molecule is CC(C)[C@H](NC(=O)[C@H](CC(=O)O)NC(=O)[C@H](Cc1ccccc1)NC(=O)[C@H](Cc1cnc[nH]1)NC(=O)[C@H](C)NC(=O)[C@H](Cc1ccccc1)NC(=O)[C@H](Cc1ccccc1)NC(=O)[C@H](CC(=O)O)NC(=O)[C@@H](N)CCCN=C(N)N)C(=O)O. The van der Waals surface area contributed by atoms with Crippen molar-refractivity contribution >= 4 is 71.1 Å². The van der Waals surface area contributed by atoms with Crippen LogP contribution in [0.2, 0.25) is 0 Å². The second-order valence-electron chi connectivity index (χ2n) is 19.8. The molecule has 28 nitrogen and oxygen atoms in total. The maximum absolute atomic E-state index is 14.4. The van der Waals surface area contributed by atoms with Crippen LogP contribution in [0.5, 0.6) is 0 Å². The molecule has 0 saturated carbocycles. The Morgan fingerprint density at radius 1 is 0.506 bits per heavy atom. The molecule has 0 aliphatic heterocycles. The van der Waals surface area contributed by atoms with Crippen molar-refractivity contribution in [1.29, 1.82) is 0 Å². The quantitative estimate of drug-likeness (QED) is 0.0132. The number of aromatic nitrogens is 2. The first kappa shape index (κ1) is 65.8. The van der Waals surface area contributed by atoms with E-state index in [2.05, 4.69) is 57.5 Å². The molecule has 83 heavy (non-hydrogen) atoms. The van der Waals surface area contributed by atoms with E-state index in [0.29, 0.717) is 22.4 Å². The lowest BCUT2D eigenvalue weighted by Gasteiger charge is -2.27. The second kappa shape index (κ2) is 33.1. The monoisotopic (exact) mass is 1150 g/mol. The van der Waals surface area contributed by atoms with Crippen LogP contribution in [-0.2, 0) is 78.4 Å². The van der Waals surface area contributed by atoms with Gasteiger partial charge in [-0.3, -0.25) is 52.9 Å². The molecule has 0 aliphatic rings. The van der Waals surface area contributed by atoms with Crippen molar-refractivity contribution in [1.82, 2.24) is 52.5 Å². The van der Waals surface area contributed by atoms with Crippen molar-refractivity contribution in [2.24, 2.45) is 28.1 Å². The number of carbonyl (C=O) groups excluding carboxylic acids is 8. The van der Waals surface area contributed by atoms with E-state index < -0.39 is 138 Å². The number of nitrogens with one attached hydrogen (secondary N) is 9. The molecule has 0 spiro atoms. The minimum Gasteiger partial charge on any atom is -0.481 e. The summed E-state index contributed by atoms with van der Waals surface area (Å²) in [5.41, 5.74) is 18.7. The van der Waals surface area contributed by atoms with Crippen LogP contribution in [0.15, 0.2) is 109 Å². The molecule has 0 aliphatic carbocycles. The Labute approximate surface area is 477 Å². The molecule has 4 aromatic rings. The van der Waals surface area contributed by atoms with Crippen molar-refractivity contribution in [3.8, 4) is 0 Å². The maximum atomic E-state index is 14.4. The van der Waals surface area contributed by atoms with Crippen molar-refractivity contribution in [3.63, 3.8) is 0 Å². The first-order valence-corrected chi connectivity index (χ1v) is 26.4.